The molecule has 0 spiro atoms. The lowest BCUT2D eigenvalue weighted by Gasteiger charge is -2.10. The number of esters is 1. The monoisotopic (exact) mass is 309 g/mol. The van der Waals surface area contributed by atoms with Gasteiger partial charge in [0.05, 0.1) is 16.6 Å². The van der Waals surface area contributed by atoms with Crippen molar-refractivity contribution in [3.8, 4) is 5.69 Å². The third-order valence-corrected chi connectivity index (χ3v) is 3.52. The molecule has 0 bridgehead atoms. The van der Waals surface area contributed by atoms with E-state index in [9.17, 15) is 9.59 Å². The molecular weight excluding hydrogens is 294 g/mol. The summed E-state index contributed by atoms with van der Waals surface area (Å²) in [6.45, 7) is 1.44. The highest BCUT2D eigenvalue weighted by Crippen LogP contribution is 2.18. The fourth-order valence-corrected chi connectivity index (χ4v) is 2.21. The second kappa shape index (κ2) is 5.92. The van der Waals surface area contributed by atoms with Gasteiger partial charge >= 0.3 is 5.97 Å². The number of aromatic nitrogens is 2. The number of carbonyl (C=O) groups excluding carboxylic acids is 2. The Morgan fingerprint density at radius 3 is 2.52 bits per heavy atom. The van der Waals surface area contributed by atoms with Gasteiger partial charge in [0.15, 0.2) is 6.10 Å². The van der Waals surface area contributed by atoms with Crippen LogP contribution in [0.25, 0.3) is 16.7 Å². The molecule has 0 radical (unpaired) electrons. The van der Waals surface area contributed by atoms with Crippen LogP contribution in [0.5, 0.6) is 0 Å². The number of benzene rings is 2. The summed E-state index contributed by atoms with van der Waals surface area (Å²) >= 11 is 0. The van der Waals surface area contributed by atoms with Crippen LogP contribution in [0.4, 0.5) is 0 Å². The first-order valence-electron chi connectivity index (χ1n) is 7.09. The van der Waals surface area contributed by atoms with Gasteiger partial charge in [-0.25, -0.2) is 9.78 Å². The van der Waals surface area contributed by atoms with Gasteiger partial charge in [0.2, 0.25) is 0 Å². The summed E-state index contributed by atoms with van der Waals surface area (Å²) in [7, 11) is 0. The number of carbonyl (C=O) groups is 2. The third-order valence-electron chi connectivity index (χ3n) is 3.52. The first-order valence-corrected chi connectivity index (χ1v) is 7.09. The van der Waals surface area contributed by atoms with E-state index in [1.165, 1.54) is 6.92 Å². The Kier molecular flexibility index (Phi) is 3.80. The van der Waals surface area contributed by atoms with Gasteiger partial charge in [-0.3, -0.25) is 9.36 Å². The van der Waals surface area contributed by atoms with E-state index in [-0.39, 0.29) is 0 Å². The minimum atomic E-state index is -0.959. The summed E-state index contributed by atoms with van der Waals surface area (Å²) in [6, 6.07) is 14.6. The molecular formula is C17H15N3O3. The Bertz CT molecular complexity index is 868. The number of nitrogens with two attached hydrogens (primary N) is 1. The highest BCUT2D eigenvalue weighted by molar-refractivity contribution is 5.92. The van der Waals surface area contributed by atoms with Crippen LogP contribution in [0, 0.1) is 0 Å². The van der Waals surface area contributed by atoms with E-state index in [0.29, 0.717) is 5.56 Å². The molecule has 6 nitrogen and oxygen atoms in total. The van der Waals surface area contributed by atoms with Crippen LogP contribution in [-0.2, 0) is 9.53 Å². The molecule has 0 unspecified atom stereocenters. The van der Waals surface area contributed by atoms with Crippen LogP contribution in [0.1, 0.15) is 17.3 Å². The Labute approximate surface area is 132 Å². The normalized spacial score (nSPS) is 12.0. The topological polar surface area (TPSA) is 87.2 Å². The predicted molar refractivity (Wildman–Crippen MR) is 85.1 cm³/mol. The minimum Gasteiger partial charge on any atom is -0.449 e. The van der Waals surface area contributed by atoms with Crippen molar-refractivity contribution in [1.82, 2.24) is 9.55 Å². The number of rotatable bonds is 4. The van der Waals surface area contributed by atoms with Crippen LogP contribution in [0.3, 0.4) is 0 Å². The van der Waals surface area contributed by atoms with E-state index in [4.69, 9.17) is 10.5 Å². The highest BCUT2D eigenvalue weighted by Gasteiger charge is 2.16. The van der Waals surface area contributed by atoms with Crippen LogP contribution in [0.15, 0.2) is 54.9 Å². The number of nitrogens with zero attached hydrogens (tertiary/aromatic N) is 2. The lowest BCUT2D eigenvalue weighted by molar-refractivity contribution is -0.125. The van der Waals surface area contributed by atoms with Gasteiger partial charge in [0.1, 0.15) is 6.33 Å². The Balaban J connectivity index is 1.85. The molecule has 0 aliphatic rings. The summed E-state index contributed by atoms with van der Waals surface area (Å²) in [4.78, 5) is 27.2. The zero-order chi connectivity index (χ0) is 16.4. The second-order valence-corrected chi connectivity index (χ2v) is 5.10. The van der Waals surface area contributed by atoms with Gasteiger partial charge in [-0.2, -0.15) is 0 Å². The molecule has 0 fully saturated rings. The summed E-state index contributed by atoms with van der Waals surface area (Å²) in [5.74, 6) is -1.27. The van der Waals surface area contributed by atoms with Crippen LogP contribution in [-0.4, -0.2) is 27.5 Å². The van der Waals surface area contributed by atoms with Crippen molar-refractivity contribution in [1.29, 1.82) is 0 Å². The Morgan fingerprint density at radius 2 is 1.83 bits per heavy atom. The standard InChI is InChI=1S/C17H15N3O3/c1-11(16(18)21)23-17(22)12-6-8-13(9-7-12)20-10-19-14-4-2-3-5-15(14)20/h2-11H,1H3,(H2,18,21)/t11-/m1/s1. The van der Waals surface area contributed by atoms with Gasteiger partial charge in [-0.05, 0) is 43.3 Å². The van der Waals surface area contributed by atoms with Crippen molar-refractivity contribution >= 4 is 22.9 Å². The first-order chi connectivity index (χ1) is 11.1. The van der Waals surface area contributed by atoms with Crippen LogP contribution < -0.4 is 5.73 Å². The smallest absolute Gasteiger partial charge is 0.338 e. The van der Waals surface area contributed by atoms with Crippen molar-refractivity contribution in [3.63, 3.8) is 0 Å². The fraction of sp³-hybridized carbons (Fsp3) is 0.118. The highest BCUT2D eigenvalue weighted by atomic mass is 16.5. The fourth-order valence-electron chi connectivity index (χ4n) is 2.21. The maximum atomic E-state index is 11.9. The number of para-hydroxylation sites is 2. The van der Waals surface area contributed by atoms with E-state index in [0.717, 1.165) is 16.7 Å². The molecule has 0 aliphatic heterocycles. The van der Waals surface area contributed by atoms with E-state index < -0.39 is 18.0 Å². The van der Waals surface area contributed by atoms with E-state index in [1.807, 2.05) is 28.8 Å². The van der Waals surface area contributed by atoms with Crippen molar-refractivity contribution in [2.24, 2.45) is 5.73 Å². The Morgan fingerprint density at radius 1 is 1.13 bits per heavy atom. The van der Waals surface area contributed by atoms with E-state index in [1.54, 1.807) is 30.6 Å². The summed E-state index contributed by atoms with van der Waals surface area (Å²) in [6.07, 6.45) is 0.771. The van der Waals surface area contributed by atoms with Crippen molar-refractivity contribution < 1.29 is 14.3 Å². The molecule has 0 saturated carbocycles. The number of primary amides is 1. The van der Waals surface area contributed by atoms with Crippen molar-refractivity contribution in [2.45, 2.75) is 13.0 Å². The molecule has 2 N–H and O–H groups in total. The molecule has 0 saturated heterocycles. The lowest BCUT2D eigenvalue weighted by Crippen LogP contribution is -2.30. The molecule has 3 rings (SSSR count). The SMILES string of the molecule is C[C@@H](OC(=O)c1ccc(-n2cnc3ccccc32)cc1)C(N)=O. The summed E-state index contributed by atoms with van der Waals surface area (Å²) in [5.41, 5.74) is 8.18. The minimum absolute atomic E-state index is 0.353. The van der Waals surface area contributed by atoms with E-state index >= 15 is 0 Å². The quantitative estimate of drug-likeness (QED) is 0.747. The molecule has 3 aromatic rings. The molecule has 0 aliphatic carbocycles. The molecule has 1 heterocycles. The average molecular weight is 309 g/mol. The van der Waals surface area contributed by atoms with Crippen LogP contribution in [0.2, 0.25) is 0 Å². The second-order valence-electron chi connectivity index (χ2n) is 5.10. The third kappa shape index (κ3) is 2.91. The van der Waals surface area contributed by atoms with Gasteiger partial charge in [0, 0.05) is 5.69 Å². The largest absolute Gasteiger partial charge is 0.449 e. The van der Waals surface area contributed by atoms with Crippen molar-refractivity contribution in [3.05, 3.63) is 60.4 Å². The molecule has 23 heavy (non-hydrogen) atoms. The van der Waals surface area contributed by atoms with Crippen molar-refractivity contribution in [2.75, 3.05) is 0 Å². The van der Waals surface area contributed by atoms with Gasteiger partial charge < -0.3 is 10.5 Å². The number of hydrogen-bond acceptors (Lipinski definition) is 4. The summed E-state index contributed by atoms with van der Waals surface area (Å²) in [5, 5.41) is 0. The number of fused-ring (bicyclic) bond motifs is 1. The van der Waals surface area contributed by atoms with Gasteiger partial charge in [0.25, 0.3) is 5.91 Å². The number of ether oxygens (including phenoxy) is 1. The number of hydrogen-bond donors (Lipinski definition) is 1. The predicted octanol–water partition coefficient (Wildman–Crippen LogP) is 2.06. The first kappa shape index (κ1) is 14.8. The molecule has 1 atom stereocenters. The maximum absolute atomic E-state index is 11.9. The van der Waals surface area contributed by atoms with Gasteiger partial charge in [-0.15, -0.1) is 0 Å². The molecule has 116 valence electrons. The molecule has 1 amide bonds. The number of amides is 1. The number of imidazole rings is 1. The lowest BCUT2D eigenvalue weighted by atomic mass is 10.2. The molecule has 1 aromatic heterocycles. The van der Waals surface area contributed by atoms with Gasteiger partial charge in [-0.1, -0.05) is 12.1 Å². The maximum Gasteiger partial charge on any atom is 0.338 e. The zero-order valence-electron chi connectivity index (χ0n) is 12.5. The summed E-state index contributed by atoms with van der Waals surface area (Å²) < 4.78 is 6.89. The average Bonchev–Trinajstić information content (AvgIpc) is 2.99. The zero-order valence-corrected chi connectivity index (χ0v) is 12.5. The molecule has 2 aromatic carbocycles. The molecule has 6 heteroatoms. The van der Waals surface area contributed by atoms with E-state index in [2.05, 4.69) is 4.98 Å². The Hall–Kier alpha value is -3.15. The van der Waals surface area contributed by atoms with Crippen LogP contribution >= 0.6 is 0 Å².